The Morgan fingerprint density at radius 3 is 2.29 bits per heavy atom. The van der Waals surface area contributed by atoms with E-state index in [1.165, 1.54) is 11.1 Å². The van der Waals surface area contributed by atoms with Crippen LogP contribution in [0.15, 0.2) is 48.5 Å². The van der Waals surface area contributed by atoms with Crippen molar-refractivity contribution in [3.8, 4) is 0 Å². The van der Waals surface area contributed by atoms with Crippen LogP contribution in [0.3, 0.4) is 0 Å². The third-order valence-electron chi connectivity index (χ3n) is 2.89. The summed E-state index contributed by atoms with van der Waals surface area (Å²) in [5.74, 6) is 0. The van der Waals surface area contributed by atoms with E-state index in [0.717, 1.165) is 17.9 Å². The van der Waals surface area contributed by atoms with Crippen molar-refractivity contribution in [1.29, 1.82) is 0 Å². The first-order valence-corrected chi connectivity index (χ1v) is 5.78. The Morgan fingerprint density at radius 2 is 1.65 bits per heavy atom. The highest BCUT2D eigenvalue weighted by atomic mass is 15.1. The minimum atomic E-state index is 0.821. The number of nitrogens with zero attached hydrogens (tertiary/aromatic N) is 1. The summed E-state index contributed by atoms with van der Waals surface area (Å²) < 4.78 is 0. The maximum absolute atomic E-state index is 5.96. The van der Waals surface area contributed by atoms with Gasteiger partial charge in [0.2, 0.25) is 0 Å². The first-order chi connectivity index (χ1) is 8.16. The second-order valence-electron chi connectivity index (χ2n) is 4.40. The van der Waals surface area contributed by atoms with Gasteiger partial charge in [-0.3, -0.25) is 0 Å². The van der Waals surface area contributed by atoms with Crippen LogP contribution in [0.5, 0.6) is 0 Å². The van der Waals surface area contributed by atoms with Crippen LogP contribution in [0.4, 0.5) is 11.4 Å². The number of aryl methyl sites for hydroxylation is 1. The summed E-state index contributed by atoms with van der Waals surface area (Å²) in [4.78, 5) is 2.17. The molecule has 2 rings (SSSR count). The van der Waals surface area contributed by atoms with Crippen LogP contribution in [-0.2, 0) is 6.54 Å². The summed E-state index contributed by atoms with van der Waals surface area (Å²) in [6.07, 6.45) is 0. The van der Waals surface area contributed by atoms with E-state index >= 15 is 0 Å². The molecule has 2 N–H and O–H groups in total. The molecule has 2 aromatic carbocycles. The molecule has 0 atom stereocenters. The monoisotopic (exact) mass is 226 g/mol. The number of nitrogen functional groups attached to an aromatic ring is 1. The van der Waals surface area contributed by atoms with Crippen LogP contribution in [-0.4, -0.2) is 7.05 Å². The Bertz CT molecular complexity index is 489. The van der Waals surface area contributed by atoms with Crippen molar-refractivity contribution in [3.05, 3.63) is 59.7 Å². The van der Waals surface area contributed by atoms with Crippen LogP contribution < -0.4 is 10.6 Å². The summed E-state index contributed by atoms with van der Waals surface area (Å²) in [5, 5.41) is 0. The number of para-hydroxylation sites is 2. The van der Waals surface area contributed by atoms with Gasteiger partial charge in [0.25, 0.3) is 0 Å². The highest BCUT2D eigenvalue weighted by Gasteiger charge is 2.04. The van der Waals surface area contributed by atoms with Gasteiger partial charge in [0.15, 0.2) is 0 Å². The second kappa shape index (κ2) is 4.91. The van der Waals surface area contributed by atoms with Gasteiger partial charge in [-0.2, -0.15) is 0 Å². The van der Waals surface area contributed by atoms with Crippen molar-refractivity contribution < 1.29 is 0 Å². The van der Waals surface area contributed by atoms with Crippen LogP contribution in [0.2, 0.25) is 0 Å². The van der Waals surface area contributed by atoms with E-state index in [9.17, 15) is 0 Å². The Balaban J connectivity index is 2.14. The predicted octanol–water partition coefficient (Wildman–Crippen LogP) is 3.21. The van der Waals surface area contributed by atoms with Crippen LogP contribution in [0.1, 0.15) is 11.1 Å². The molecule has 0 saturated heterocycles. The minimum absolute atomic E-state index is 0.821. The number of hydrogen-bond acceptors (Lipinski definition) is 2. The van der Waals surface area contributed by atoms with E-state index in [0.29, 0.717) is 0 Å². The highest BCUT2D eigenvalue weighted by Crippen LogP contribution is 2.22. The Hall–Kier alpha value is -1.96. The number of benzene rings is 2. The van der Waals surface area contributed by atoms with Gasteiger partial charge in [-0.25, -0.2) is 0 Å². The number of nitrogens with two attached hydrogens (primary N) is 1. The van der Waals surface area contributed by atoms with Crippen molar-refractivity contribution in [2.24, 2.45) is 0 Å². The van der Waals surface area contributed by atoms with Gasteiger partial charge in [0, 0.05) is 13.6 Å². The Labute approximate surface area is 103 Å². The van der Waals surface area contributed by atoms with E-state index in [4.69, 9.17) is 5.73 Å². The quantitative estimate of drug-likeness (QED) is 0.814. The molecule has 0 aliphatic rings. The summed E-state index contributed by atoms with van der Waals surface area (Å²) in [6.45, 7) is 2.97. The van der Waals surface area contributed by atoms with Gasteiger partial charge < -0.3 is 10.6 Å². The van der Waals surface area contributed by atoms with Crippen LogP contribution in [0, 0.1) is 6.92 Å². The zero-order valence-corrected chi connectivity index (χ0v) is 10.4. The first-order valence-electron chi connectivity index (χ1n) is 5.78. The molecule has 0 aliphatic heterocycles. The lowest BCUT2D eigenvalue weighted by atomic mass is 10.1. The molecule has 17 heavy (non-hydrogen) atoms. The normalized spacial score (nSPS) is 10.2. The molecule has 0 aliphatic carbocycles. The molecule has 0 spiro atoms. The smallest absolute Gasteiger partial charge is 0.0600 e. The van der Waals surface area contributed by atoms with Gasteiger partial charge in [0.05, 0.1) is 11.4 Å². The van der Waals surface area contributed by atoms with Crippen LogP contribution in [0.25, 0.3) is 0 Å². The molecule has 88 valence electrons. The standard InChI is InChI=1S/C15H18N2/c1-12-7-9-13(10-8-12)11-17(2)15-6-4-3-5-14(15)16/h3-10H,11,16H2,1-2H3. The van der Waals surface area contributed by atoms with E-state index in [1.54, 1.807) is 0 Å². The van der Waals surface area contributed by atoms with Gasteiger partial charge in [-0.1, -0.05) is 42.0 Å². The second-order valence-corrected chi connectivity index (χ2v) is 4.40. The van der Waals surface area contributed by atoms with Crippen molar-refractivity contribution >= 4 is 11.4 Å². The fraction of sp³-hybridized carbons (Fsp3) is 0.200. The SMILES string of the molecule is Cc1ccc(CN(C)c2ccccc2N)cc1. The molecule has 0 fully saturated rings. The zero-order chi connectivity index (χ0) is 12.3. The van der Waals surface area contributed by atoms with Crippen molar-refractivity contribution in [2.75, 3.05) is 17.7 Å². The molecular formula is C15H18N2. The molecular weight excluding hydrogens is 208 g/mol. The summed E-state index contributed by atoms with van der Waals surface area (Å²) >= 11 is 0. The van der Waals surface area contributed by atoms with Crippen molar-refractivity contribution in [2.45, 2.75) is 13.5 Å². The molecule has 0 amide bonds. The largest absolute Gasteiger partial charge is 0.397 e. The third kappa shape index (κ3) is 2.78. The summed E-state index contributed by atoms with van der Waals surface area (Å²) in [7, 11) is 2.06. The number of hydrogen-bond donors (Lipinski definition) is 1. The van der Waals surface area contributed by atoms with Crippen molar-refractivity contribution in [3.63, 3.8) is 0 Å². The molecule has 0 heterocycles. The topological polar surface area (TPSA) is 29.3 Å². The van der Waals surface area contributed by atoms with E-state index in [2.05, 4.69) is 43.1 Å². The lowest BCUT2D eigenvalue weighted by Gasteiger charge is -2.21. The number of rotatable bonds is 3. The summed E-state index contributed by atoms with van der Waals surface area (Å²) in [6, 6.07) is 16.5. The van der Waals surface area contributed by atoms with E-state index in [-0.39, 0.29) is 0 Å². The number of anilines is 2. The van der Waals surface area contributed by atoms with Gasteiger partial charge >= 0.3 is 0 Å². The first kappa shape index (κ1) is 11.5. The maximum atomic E-state index is 5.96. The molecule has 2 nitrogen and oxygen atoms in total. The van der Waals surface area contributed by atoms with E-state index < -0.39 is 0 Å². The highest BCUT2D eigenvalue weighted by molar-refractivity contribution is 5.66. The molecule has 0 bridgehead atoms. The third-order valence-corrected chi connectivity index (χ3v) is 2.89. The van der Waals surface area contributed by atoms with E-state index in [1.807, 2.05) is 24.3 Å². The zero-order valence-electron chi connectivity index (χ0n) is 10.4. The fourth-order valence-corrected chi connectivity index (χ4v) is 1.89. The molecule has 2 heteroatoms. The van der Waals surface area contributed by atoms with Gasteiger partial charge in [-0.05, 0) is 24.6 Å². The Morgan fingerprint density at radius 1 is 1.00 bits per heavy atom. The van der Waals surface area contributed by atoms with Crippen LogP contribution >= 0.6 is 0 Å². The average molecular weight is 226 g/mol. The Kier molecular flexibility index (Phi) is 3.33. The lowest BCUT2D eigenvalue weighted by molar-refractivity contribution is 0.924. The maximum Gasteiger partial charge on any atom is 0.0600 e. The van der Waals surface area contributed by atoms with Gasteiger partial charge in [-0.15, -0.1) is 0 Å². The minimum Gasteiger partial charge on any atom is -0.397 e. The lowest BCUT2D eigenvalue weighted by Crippen LogP contribution is -2.17. The van der Waals surface area contributed by atoms with Crippen molar-refractivity contribution in [1.82, 2.24) is 0 Å². The summed E-state index contributed by atoms with van der Waals surface area (Å²) in [5.41, 5.74) is 10.4. The molecule has 0 aromatic heterocycles. The average Bonchev–Trinajstić information content (AvgIpc) is 2.32. The fourth-order valence-electron chi connectivity index (χ4n) is 1.89. The molecule has 2 aromatic rings. The molecule has 0 saturated carbocycles. The van der Waals surface area contributed by atoms with Gasteiger partial charge in [0.1, 0.15) is 0 Å². The predicted molar refractivity (Wildman–Crippen MR) is 74.1 cm³/mol. The molecule has 0 unspecified atom stereocenters. The molecule has 0 radical (unpaired) electrons.